The molecule has 0 aliphatic carbocycles. The van der Waals surface area contributed by atoms with Crippen molar-refractivity contribution in [2.75, 3.05) is 0 Å². The number of aromatic nitrogens is 2. The number of nitrogens with zero attached hydrogens (tertiary/aromatic N) is 2. The van der Waals surface area contributed by atoms with Gasteiger partial charge in [-0.05, 0) is 19.8 Å². The van der Waals surface area contributed by atoms with Crippen LogP contribution in [0.3, 0.4) is 0 Å². The Bertz CT molecular complexity index is 265. The fourth-order valence-corrected chi connectivity index (χ4v) is 1.64. The van der Waals surface area contributed by atoms with Crippen molar-refractivity contribution in [2.24, 2.45) is 0 Å². The molecule has 3 nitrogen and oxygen atoms in total. The SMILES string of the molecule is CC(O)c1cnn2c1CCC2. The van der Waals surface area contributed by atoms with Crippen LogP contribution < -0.4 is 0 Å². The first-order valence-corrected chi connectivity index (χ1v) is 4.01. The second-order valence-corrected chi connectivity index (χ2v) is 3.05. The van der Waals surface area contributed by atoms with Gasteiger partial charge >= 0.3 is 0 Å². The minimum atomic E-state index is -0.364. The molecule has 1 aromatic heterocycles. The molecule has 0 fully saturated rings. The summed E-state index contributed by atoms with van der Waals surface area (Å²) in [4.78, 5) is 0. The van der Waals surface area contributed by atoms with Crippen LogP contribution >= 0.6 is 0 Å². The van der Waals surface area contributed by atoms with Crippen LogP contribution in [0, 0.1) is 0 Å². The number of aliphatic hydroxyl groups is 1. The Balaban J connectivity index is 2.42. The zero-order valence-corrected chi connectivity index (χ0v) is 6.62. The minimum Gasteiger partial charge on any atom is -0.389 e. The third kappa shape index (κ3) is 0.959. The second-order valence-electron chi connectivity index (χ2n) is 3.05. The molecule has 2 heterocycles. The lowest BCUT2D eigenvalue weighted by Gasteiger charge is -2.01. The average Bonchev–Trinajstić information content (AvgIpc) is 2.41. The zero-order chi connectivity index (χ0) is 7.84. The summed E-state index contributed by atoms with van der Waals surface area (Å²) in [5.74, 6) is 0. The first-order chi connectivity index (χ1) is 5.29. The summed E-state index contributed by atoms with van der Waals surface area (Å²) >= 11 is 0. The molecule has 1 aromatic rings. The quantitative estimate of drug-likeness (QED) is 0.648. The lowest BCUT2D eigenvalue weighted by molar-refractivity contribution is 0.198. The molecule has 0 radical (unpaired) electrons. The fourth-order valence-electron chi connectivity index (χ4n) is 1.64. The first kappa shape index (κ1) is 6.85. The number of aryl methyl sites for hydroxylation is 1. The largest absolute Gasteiger partial charge is 0.389 e. The highest BCUT2D eigenvalue weighted by molar-refractivity contribution is 5.21. The number of fused-ring (bicyclic) bond motifs is 1. The van der Waals surface area contributed by atoms with Crippen LogP contribution in [0.4, 0.5) is 0 Å². The Labute approximate surface area is 65.7 Å². The monoisotopic (exact) mass is 152 g/mol. The van der Waals surface area contributed by atoms with Gasteiger partial charge in [0.15, 0.2) is 0 Å². The molecule has 0 saturated carbocycles. The van der Waals surface area contributed by atoms with Gasteiger partial charge in [-0.25, -0.2) is 0 Å². The molecule has 60 valence electrons. The highest BCUT2D eigenvalue weighted by Gasteiger charge is 2.18. The zero-order valence-electron chi connectivity index (χ0n) is 6.62. The van der Waals surface area contributed by atoms with E-state index in [-0.39, 0.29) is 6.10 Å². The number of hydrogen-bond donors (Lipinski definition) is 1. The summed E-state index contributed by atoms with van der Waals surface area (Å²) in [6.07, 6.45) is 3.65. The van der Waals surface area contributed by atoms with E-state index in [1.165, 1.54) is 12.1 Å². The van der Waals surface area contributed by atoms with E-state index in [4.69, 9.17) is 0 Å². The van der Waals surface area contributed by atoms with Crippen molar-refractivity contribution in [3.05, 3.63) is 17.5 Å². The van der Waals surface area contributed by atoms with E-state index in [0.29, 0.717) is 0 Å². The first-order valence-electron chi connectivity index (χ1n) is 4.01. The molecule has 1 aliphatic rings. The number of rotatable bonds is 1. The molecule has 2 rings (SSSR count). The van der Waals surface area contributed by atoms with Crippen LogP contribution in [-0.2, 0) is 13.0 Å². The van der Waals surface area contributed by atoms with Gasteiger partial charge in [0, 0.05) is 17.8 Å². The minimum absolute atomic E-state index is 0.364. The molecular formula is C8H12N2O. The van der Waals surface area contributed by atoms with E-state index >= 15 is 0 Å². The second kappa shape index (κ2) is 2.34. The van der Waals surface area contributed by atoms with Crippen molar-refractivity contribution < 1.29 is 5.11 Å². The summed E-state index contributed by atoms with van der Waals surface area (Å²) in [6, 6.07) is 0. The smallest absolute Gasteiger partial charge is 0.0795 e. The van der Waals surface area contributed by atoms with Gasteiger partial charge < -0.3 is 5.11 Å². The van der Waals surface area contributed by atoms with E-state index in [1.807, 2.05) is 4.68 Å². The van der Waals surface area contributed by atoms with E-state index in [9.17, 15) is 5.11 Å². The van der Waals surface area contributed by atoms with Gasteiger partial charge in [-0.15, -0.1) is 0 Å². The lowest BCUT2D eigenvalue weighted by Crippen LogP contribution is -1.96. The van der Waals surface area contributed by atoms with Crippen LogP contribution in [0.1, 0.15) is 30.7 Å². The standard InChI is InChI=1S/C8H12N2O/c1-6(11)7-5-9-10-4-2-3-8(7)10/h5-6,11H,2-4H2,1H3. The predicted molar refractivity (Wildman–Crippen MR) is 41.2 cm³/mol. The summed E-state index contributed by atoms with van der Waals surface area (Å²) in [7, 11) is 0. The molecule has 0 bridgehead atoms. The van der Waals surface area contributed by atoms with Gasteiger partial charge in [0.1, 0.15) is 0 Å². The molecule has 1 unspecified atom stereocenters. The van der Waals surface area contributed by atoms with Crippen LogP contribution in [0.25, 0.3) is 0 Å². The maximum absolute atomic E-state index is 9.32. The van der Waals surface area contributed by atoms with Crippen molar-refractivity contribution >= 4 is 0 Å². The summed E-state index contributed by atoms with van der Waals surface area (Å²) in [5, 5.41) is 13.5. The summed E-state index contributed by atoms with van der Waals surface area (Å²) in [6.45, 7) is 2.80. The predicted octanol–water partition coefficient (Wildman–Crippen LogP) is 0.883. The molecule has 0 aromatic carbocycles. The third-order valence-corrected chi connectivity index (χ3v) is 2.21. The topological polar surface area (TPSA) is 38.1 Å². The van der Waals surface area contributed by atoms with Crippen LogP contribution in [0.5, 0.6) is 0 Å². The van der Waals surface area contributed by atoms with Crippen LogP contribution in [0.15, 0.2) is 6.20 Å². The molecular weight excluding hydrogens is 140 g/mol. The molecule has 1 aliphatic heterocycles. The van der Waals surface area contributed by atoms with Crippen LogP contribution in [-0.4, -0.2) is 14.9 Å². The number of hydrogen-bond acceptors (Lipinski definition) is 2. The Morgan fingerprint density at radius 3 is 3.27 bits per heavy atom. The average molecular weight is 152 g/mol. The highest BCUT2D eigenvalue weighted by Crippen LogP contribution is 2.22. The van der Waals surface area contributed by atoms with Crippen molar-refractivity contribution in [1.82, 2.24) is 9.78 Å². The Kier molecular flexibility index (Phi) is 1.46. The Morgan fingerprint density at radius 2 is 2.55 bits per heavy atom. The molecule has 1 N–H and O–H groups in total. The van der Waals surface area contributed by atoms with Gasteiger partial charge in [-0.1, -0.05) is 0 Å². The van der Waals surface area contributed by atoms with Crippen molar-refractivity contribution in [1.29, 1.82) is 0 Å². The van der Waals surface area contributed by atoms with Crippen molar-refractivity contribution in [3.63, 3.8) is 0 Å². The molecule has 1 atom stereocenters. The molecule has 0 saturated heterocycles. The lowest BCUT2D eigenvalue weighted by atomic mass is 10.1. The molecule has 3 heteroatoms. The van der Waals surface area contributed by atoms with Crippen molar-refractivity contribution in [3.8, 4) is 0 Å². The summed E-state index contributed by atoms with van der Waals surface area (Å²) < 4.78 is 1.99. The van der Waals surface area contributed by atoms with Gasteiger partial charge in [-0.2, -0.15) is 5.10 Å². The molecule has 11 heavy (non-hydrogen) atoms. The molecule has 0 spiro atoms. The normalized spacial score (nSPS) is 18.4. The van der Waals surface area contributed by atoms with Crippen molar-refractivity contribution in [2.45, 2.75) is 32.4 Å². The van der Waals surface area contributed by atoms with E-state index in [1.54, 1.807) is 13.1 Å². The van der Waals surface area contributed by atoms with E-state index in [2.05, 4.69) is 5.10 Å². The van der Waals surface area contributed by atoms with E-state index < -0.39 is 0 Å². The maximum atomic E-state index is 9.32. The van der Waals surface area contributed by atoms with Gasteiger partial charge in [0.25, 0.3) is 0 Å². The molecule has 0 amide bonds. The summed E-state index contributed by atoms with van der Waals surface area (Å²) in [5.41, 5.74) is 2.22. The maximum Gasteiger partial charge on any atom is 0.0795 e. The van der Waals surface area contributed by atoms with Crippen LogP contribution in [0.2, 0.25) is 0 Å². The Hall–Kier alpha value is -0.830. The van der Waals surface area contributed by atoms with Gasteiger partial charge in [0.05, 0.1) is 12.3 Å². The van der Waals surface area contributed by atoms with Gasteiger partial charge in [-0.3, -0.25) is 4.68 Å². The third-order valence-electron chi connectivity index (χ3n) is 2.21. The fraction of sp³-hybridized carbons (Fsp3) is 0.625. The Morgan fingerprint density at radius 1 is 1.73 bits per heavy atom. The van der Waals surface area contributed by atoms with Gasteiger partial charge in [0.2, 0.25) is 0 Å². The van der Waals surface area contributed by atoms with E-state index in [0.717, 1.165) is 18.5 Å². The number of aliphatic hydroxyl groups excluding tert-OH is 1. The highest BCUT2D eigenvalue weighted by atomic mass is 16.3.